The zero-order chi connectivity index (χ0) is 20.7. The average molecular weight is 392 g/mol. The summed E-state index contributed by atoms with van der Waals surface area (Å²) in [6.07, 6.45) is 2.40. The predicted molar refractivity (Wildman–Crippen MR) is 107 cm³/mol. The summed E-state index contributed by atoms with van der Waals surface area (Å²) in [4.78, 5) is 42.1. The van der Waals surface area contributed by atoms with Crippen LogP contribution in [0.2, 0.25) is 0 Å². The van der Waals surface area contributed by atoms with Gasteiger partial charge in [-0.15, -0.1) is 0 Å². The van der Waals surface area contributed by atoms with Crippen LogP contribution in [-0.2, 0) is 20.8 Å². The Morgan fingerprint density at radius 2 is 1.93 bits per heavy atom. The Morgan fingerprint density at radius 3 is 2.66 bits per heavy atom. The molecule has 2 heterocycles. The fourth-order valence-electron chi connectivity index (χ4n) is 4.12. The number of H-pyrrole nitrogens is 1. The first kappa shape index (κ1) is 19.1. The van der Waals surface area contributed by atoms with E-state index in [2.05, 4.69) is 4.98 Å². The minimum Gasteiger partial charge on any atom is -0.361 e. The van der Waals surface area contributed by atoms with Crippen molar-refractivity contribution in [1.82, 2.24) is 9.88 Å². The van der Waals surface area contributed by atoms with Crippen molar-refractivity contribution in [2.45, 2.75) is 26.3 Å². The van der Waals surface area contributed by atoms with E-state index in [-0.39, 0.29) is 12.3 Å². The largest absolute Gasteiger partial charge is 0.361 e. The van der Waals surface area contributed by atoms with Crippen molar-refractivity contribution in [2.24, 2.45) is 5.92 Å². The van der Waals surface area contributed by atoms with Crippen molar-refractivity contribution in [1.29, 1.82) is 0 Å². The van der Waals surface area contributed by atoms with Gasteiger partial charge in [0.1, 0.15) is 17.5 Å². The van der Waals surface area contributed by atoms with Crippen molar-refractivity contribution >= 4 is 28.4 Å². The maximum atomic E-state index is 14.2. The number of benzene rings is 2. The van der Waals surface area contributed by atoms with E-state index in [0.717, 1.165) is 16.5 Å². The van der Waals surface area contributed by atoms with Crippen LogP contribution in [0.25, 0.3) is 10.9 Å². The summed E-state index contributed by atoms with van der Waals surface area (Å²) in [5.41, 5.74) is 2.94. The minimum atomic E-state index is -1.10. The maximum absolute atomic E-state index is 14.2. The molecule has 2 unspecified atom stereocenters. The summed E-state index contributed by atoms with van der Waals surface area (Å²) >= 11 is 0. The van der Waals surface area contributed by atoms with Crippen LogP contribution in [0.4, 0.5) is 4.39 Å². The average Bonchev–Trinajstić information content (AvgIpc) is 3.22. The quantitative estimate of drug-likeness (QED) is 0.534. The Bertz CT molecular complexity index is 1130. The second kappa shape index (κ2) is 7.28. The number of fused-ring (bicyclic) bond motifs is 1. The third-order valence-electron chi connectivity index (χ3n) is 5.68. The molecule has 2 aromatic carbocycles. The zero-order valence-electron chi connectivity index (χ0n) is 16.2. The molecule has 29 heavy (non-hydrogen) atoms. The van der Waals surface area contributed by atoms with E-state index in [1.54, 1.807) is 19.1 Å². The van der Waals surface area contributed by atoms with Crippen molar-refractivity contribution < 1.29 is 18.8 Å². The predicted octanol–water partition coefficient (Wildman–Crippen LogP) is 3.52. The van der Waals surface area contributed by atoms with Crippen LogP contribution in [0.5, 0.6) is 0 Å². The number of Topliss-reactive ketones (excluding diaryl/α,β-unsaturated/α-hetero) is 2. The van der Waals surface area contributed by atoms with Gasteiger partial charge in [0, 0.05) is 23.6 Å². The third-order valence-corrected chi connectivity index (χ3v) is 5.68. The van der Waals surface area contributed by atoms with Crippen LogP contribution >= 0.6 is 0 Å². The molecule has 1 aliphatic heterocycles. The van der Waals surface area contributed by atoms with Gasteiger partial charge in [0.05, 0.1) is 6.04 Å². The van der Waals surface area contributed by atoms with Gasteiger partial charge in [-0.2, -0.15) is 0 Å². The topological polar surface area (TPSA) is 70.2 Å². The van der Waals surface area contributed by atoms with Crippen molar-refractivity contribution in [3.05, 3.63) is 71.2 Å². The van der Waals surface area contributed by atoms with Gasteiger partial charge in [-0.3, -0.25) is 14.4 Å². The van der Waals surface area contributed by atoms with Crippen LogP contribution in [-0.4, -0.2) is 33.9 Å². The Hall–Kier alpha value is -3.28. The van der Waals surface area contributed by atoms with E-state index >= 15 is 0 Å². The molecule has 1 amide bonds. The first-order chi connectivity index (χ1) is 13.9. The number of rotatable bonds is 5. The van der Waals surface area contributed by atoms with Crippen LogP contribution in [0.1, 0.15) is 29.7 Å². The number of nitrogens with one attached hydrogen (secondary N) is 1. The number of para-hydroxylation sites is 1. The van der Waals surface area contributed by atoms with Gasteiger partial charge >= 0.3 is 0 Å². The highest BCUT2D eigenvalue weighted by molar-refractivity contribution is 6.42. The van der Waals surface area contributed by atoms with Crippen molar-refractivity contribution in [3.8, 4) is 0 Å². The van der Waals surface area contributed by atoms with Crippen LogP contribution in [0.3, 0.4) is 0 Å². The first-order valence-electron chi connectivity index (χ1n) is 9.55. The molecule has 1 N–H and O–H groups in total. The van der Waals surface area contributed by atoms with Crippen LogP contribution in [0.15, 0.2) is 48.7 Å². The molecule has 2 atom stereocenters. The molecule has 148 valence electrons. The van der Waals surface area contributed by atoms with E-state index in [0.29, 0.717) is 17.5 Å². The fraction of sp³-hybridized carbons (Fsp3) is 0.261. The SMILES string of the molecule is CC(=O)C1C(=O)C(=O)N(CCc2c[nH]c3ccccc23)C1c1ccc(C)c(F)c1. The molecule has 1 saturated heterocycles. The minimum absolute atomic E-state index is 0.260. The summed E-state index contributed by atoms with van der Waals surface area (Å²) in [6, 6.07) is 11.7. The van der Waals surface area contributed by atoms with E-state index < -0.39 is 29.5 Å². The molecule has 6 heteroatoms. The molecule has 0 radical (unpaired) electrons. The Labute approximate surface area is 167 Å². The number of aromatic nitrogens is 1. The number of carbonyl (C=O) groups excluding carboxylic acids is 3. The van der Waals surface area contributed by atoms with E-state index in [1.807, 2.05) is 30.5 Å². The molecule has 3 aromatic rings. The molecular weight excluding hydrogens is 371 g/mol. The third kappa shape index (κ3) is 3.24. The zero-order valence-corrected chi connectivity index (χ0v) is 16.2. The van der Waals surface area contributed by atoms with E-state index in [1.165, 1.54) is 17.9 Å². The van der Waals surface area contributed by atoms with Crippen molar-refractivity contribution in [2.75, 3.05) is 6.54 Å². The van der Waals surface area contributed by atoms with E-state index in [4.69, 9.17) is 0 Å². The molecule has 1 aromatic heterocycles. The normalized spacial score (nSPS) is 19.3. The standard InChI is InChI=1S/C23H21FN2O3/c1-13-7-8-15(11-18(13)24)21-20(14(2)27)22(28)23(29)26(21)10-9-16-12-25-19-6-4-3-5-17(16)19/h3-8,11-12,20-21,25H,9-10H2,1-2H3. The first-order valence-corrected chi connectivity index (χ1v) is 9.55. The number of hydrogen-bond donors (Lipinski definition) is 1. The number of ketones is 2. The lowest BCUT2D eigenvalue weighted by Gasteiger charge is -2.27. The Morgan fingerprint density at radius 1 is 1.17 bits per heavy atom. The van der Waals surface area contributed by atoms with Crippen LogP contribution in [0, 0.1) is 18.7 Å². The monoisotopic (exact) mass is 392 g/mol. The Balaban J connectivity index is 1.68. The second-order valence-electron chi connectivity index (χ2n) is 7.51. The summed E-state index contributed by atoms with van der Waals surface area (Å²) in [7, 11) is 0. The molecule has 0 saturated carbocycles. The van der Waals surface area contributed by atoms with E-state index in [9.17, 15) is 18.8 Å². The summed E-state index contributed by atoms with van der Waals surface area (Å²) in [5, 5.41) is 1.05. The van der Waals surface area contributed by atoms with Crippen molar-refractivity contribution in [3.63, 3.8) is 0 Å². The molecular formula is C23H21FN2O3. The molecule has 1 aliphatic rings. The van der Waals surface area contributed by atoms with Gasteiger partial charge in [-0.05, 0) is 49.1 Å². The number of nitrogens with zero attached hydrogens (tertiary/aromatic N) is 1. The maximum Gasteiger partial charge on any atom is 0.291 e. The number of hydrogen-bond acceptors (Lipinski definition) is 3. The van der Waals surface area contributed by atoms with Gasteiger partial charge in [-0.25, -0.2) is 4.39 Å². The lowest BCUT2D eigenvalue weighted by molar-refractivity contribution is -0.142. The Kier molecular flexibility index (Phi) is 4.78. The smallest absolute Gasteiger partial charge is 0.291 e. The molecule has 0 bridgehead atoms. The summed E-state index contributed by atoms with van der Waals surface area (Å²) < 4.78 is 14.2. The van der Waals surface area contributed by atoms with Crippen LogP contribution < -0.4 is 0 Å². The summed E-state index contributed by atoms with van der Waals surface area (Å²) in [5.74, 6) is -3.32. The highest BCUT2D eigenvalue weighted by Crippen LogP contribution is 2.37. The van der Waals surface area contributed by atoms with Gasteiger partial charge < -0.3 is 9.88 Å². The molecule has 5 nitrogen and oxygen atoms in total. The fourth-order valence-corrected chi connectivity index (χ4v) is 4.12. The lowest BCUT2D eigenvalue weighted by atomic mass is 9.89. The number of likely N-dealkylation sites (tertiary alicyclic amines) is 1. The summed E-state index contributed by atoms with van der Waals surface area (Å²) in [6.45, 7) is 3.20. The molecule has 1 fully saturated rings. The number of aromatic amines is 1. The highest BCUT2D eigenvalue weighted by Gasteiger charge is 2.50. The molecule has 0 spiro atoms. The van der Waals surface area contributed by atoms with Gasteiger partial charge in [0.2, 0.25) is 5.78 Å². The van der Waals surface area contributed by atoms with Gasteiger partial charge in [-0.1, -0.05) is 30.3 Å². The molecule has 4 rings (SSSR count). The number of amides is 1. The van der Waals surface area contributed by atoms with Gasteiger partial charge in [0.15, 0.2) is 0 Å². The lowest BCUT2D eigenvalue weighted by Crippen LogP contribution is -2.32. The number of halogens is 1. The second-order valence-corrected chi connectivity index (χ2v) is 7.51. The van der Waals surface area contributed by atoms with Gasteiger partial charge in [0.25, 0.3) is 5.91 Å². The highest BCUT2D eigenvalue weighted by atomic mass is 19.1. The number of aryl methyl sites for hydroxylation is 1. The molecule has 0 aliphatic carbocycles. The number of carbonyl (C=O) groups is 3.